The van der Waals surface area contributed by atoms with Crippen LogP contribution in [-0.4, -0.2) is 4.98 Å². The van der Waals surface area contributed by atoms with Crippen molar-refractivity contribution in [1.82, 2.24) is 4.98 Å². The number of thiophene rings is 2. The van der Waals surface area contributed by atoms with E-state index in [0.717, 1.165) is 11.4 Å². The summed E-state index contributed by atoms with van der Waals surface area (Å²) in [7, 11) is 0. The molecule has 7 aromatic carbocycles. The van der Waals surface area contributed by atoms with E-state index in [2.05, 4.69) is 168 Å². The molecule has 0 unspecified atom stereocenters. The molecule has 0 saturated carbocycles. The number of hydrogen-bond acceptors (Lipinski definition) is 4. The molecular weight excluding hydrogens is 633 g/mol. The Kier molecular flexibility index (Phi) is 6.57. The van der Waals surface area contributed by atoms with Crippen LogP contribution in [0.5, 0.6) is 0 Å². The van der Waals surface area contributed by atoms with Crippen LogP contribution in [0.4, 0.5) is 17.1 Å². The van der Waals surface area contributed by atoms with Crippen LogP contribution in [0.1, 0.15) is 0 Å². The summed E-state index contributed by atoms with van der Waals surface area (Å²) in [5, 5.41) is 7.60. The number of aromatic nitrogens is 1. The largest absolute Gasteiger partial charge is 0.310 e. The standard InChI is InChI=1S/C45H28N2S2/c1-2-7-29(8-3-1)30-13-19-34(20-14-30)47(39-10-6-12-42-45(39)36-9-4-5-11-40(36)48-42)35-21-15-31(16-22-35)33-18-23-41-37(27-33)44-38-28-46-26-25-32(38)17-24-43(44)49-41/h1-28H. The first kappa shape index (κ1) is 28.2. The minimum Gasteiger partial charge on any atom is -0.310 e. The molecule has 0 aliphatic heterocycles. The van der Waals surface area contributed by atoms with Gasteiger partial charge in [-0.15, -0.1) is 22.7 Å². The van der Waals surface area contributed by atoms with Crippen molar-refractivity contribution < 1.29 is 0 Å². The Morgan fingerprint density at radius 3 is 1.82 bits per heavy atom. The Bertz CT molecular complexity index is 2810. The maximum absolute atomic E-state index is 4.46. The molecule has 0 fully saturated rings. The molecule has 3 aromatic heterocycles. The van der Waals surface area contributed by atoms with Gasteiger partial charge in [0.1, 0.15) is 0 Å². The van der Waals surface area contributed by atoms with E-state index in [4.69, 9.17) is 0 Å². The number of rotatable bonds is 5. The molecule has 0 bridgehead atoms. The Morgan fingerprint density at radius 2 is 1.02 bits per heavy atom. The zero-order valence-corrected chi connectivity index (χ0v) is 28.0. The van der Waals surface area contributed by atoms with E-state index in [0.29, 0.717) is 0 Å². The predicted octanol–water partition coefficient (Wildman–Crippen LogP) is 13.8. The van der Waals surface area contributed by atoms with E-state index < -0.39 is 0 Å². The molecule has 0 radical (unpaired) electrons. The lowest BCUT2D eigenvalue weighted by Crippen LogP contribution is -2.10. The first-order valence-electron chi connectivity index (χ1n) is 16.4. The third-order valence-electron chi connectivity index (χ3n) is 9.57. The van der Waals surface area contributed by atoms with Crippen LogP contribution in [-0.2, 0) is 0 Å². The van der Waals surface area contributed by atoms with Crippen molar-refractivity contribution in [3.05, 3.63) is 170 Å². The van der Waals surface area contributed by atoms with Crippen LogP contribution in [0.2, 0.25) is 0 Å². The van der Waals surface area contributed by atoms with E-state index in [1.54, 1.807) is 0 Å². The van der Waals surface area contributed by atoms with Crippen LogP contribution in [0, 0.1) is 0 Å². The Labute approximate surface area is 291 Å². The minimum atomic E-state index is 1.12. The highest BCUT2D eigenvalue weighted by Gasteiger charge is 2.19. The lowest BCUT2D eigenvalue weighted by atomic mass is 10.00. The first-order chi connectivity index (χ1) is 24.3. The lowest BCUT2D eigenvalue weighted by Gasteiger charge is -2.27. The zero-order valence-electron chi connectivity index (χ0n) is 26.4. The van der Waals surface area contributed by atoms with Gasteiger partial charge in [-0.25, -0.2) is 0 Å². The van der Waals surface area contributed by atoms with Gasteiger partial charge in [0.25, 0.3) is 0 Å². The third-order valence-corrected chi connectivity index (χ3v) is 11.8. The smallest absolute Gasteiger partial charge is 0.0554 e. The lowest BCUT2D eigenvalue weighted by molar-refractivity contribution is 1.30. The van der Waals surface area contributed by atoms with Crippen molar-refractivity contribution in [1.29, 1.82) is 0 Å². The third kappa shape index (κ3) is 4.72. The summed E-state index contributed by atoms with van der Waals surface area (Å²) < 4.78 is 5.19. The second kappa shape index (κ2) is 11.4. The van der Waals surface area contributed by atoms with E-state index in [1.807, 2.05) is 35.1 Å². The van der Waals surface area contributed by atoms with Gasteiger partial charge in [-0.2, -0.15) is 0 Å². The molecule has 2 nitrogen and oxygen atoms in total. The van der Waals surface area contributed by atoms with Gasteiger partial charge in [0.15, 0.2) is 0 Å². The molecule has 0 spiro atoms. The summed E-state index contributed by atoms with van der Waals surface area (Å²) in [6.45, 7) is 0. The van der Waals surface area contributed by atoms with Crippen LogP contribution < -0.4 is 4.90 Å². The Balaban J connectivity index is 1.11. The van der Waals surface area contributed by atoms with Gasteiger partial charge in [0.2, 0.25) is 0 Å². The van der Waals surface area contributed by atoms with Crippen molar-refractivity contribution in [2.24, 2.45) is 0 Å². The van der Waals surface area contributed by atoms with E-state index in [-0.39, 0.29) is 0 Å². The molecule has 4 heteroatoms. The minimum absolute atomic E-state index is 1.12. The average molecular weight is 661 g/mol. The van der Waals surface area contributed by atoms with Gasteiger partial charge in [-0.05, 0) is 94.4 Å². The van der Waals surface area contributed by atoms with E-state index in [9.17, 15) is 0 Å². The molecule has 10 aromatic rings. The van der Waals surface area contributed by atoms with Gasteiger partial charge in [-0.1, -0.05) is 91.0 Å². The highest BCUT2D eigenvalue weighted by molar-refractivity contribution is 7.26. The van der Waals surface area contributed by atoms with Crippen molar-refractivity contribution >= 4 is 90.9 Å². The monoisotopic (exact) mass is 660 g/mol. The second-order valence-electron chi connectivity index (χ2n) is 12.4. The molecule has 0 aliphatic rings. The van der Waals surface area contributed by atoms with Crippen molar-refractivity contribution in [3.8, 4) is 22.3 Å². The summed E-state index contributed by atoms with van der Waals surface area (Å²) in [6, 6.07) is 57.5. The molecule has 0 atom stereocenters. The number of benzene rings is 7. The SMILES string of the molecule is c1ccc(-c2ccc(N(c3ccc(-c4ccc5sc6ccc7ccncc7c6c5c4)cc3)c3cccc4sc5ccccc5c34)cc2)cc1. The maximum atomic E-state index is 4.46. The van der Waals surface area contributed by atoms with E-state index in [1.165, 1.54) is 79.1 Å². The van der Waals surface area contributed by atoms with Gasteiger partial charge < -0.3 is 4.90 Å². The summed E-state index contributed by atoms with van der Waals surface area (Å²) in [6.07, 6.45) is 3.88. The van der Waals surface area contributed by atoms with Gasteiger partial charge in [-0.3, -0.25) is 4.98 Å². The molecule has 0 aliphatic carbocycles. The topological polar surface area (TPSA) is 16.1 Å². The average Bonchev–Trinajstić information content (AvgIpc) is 3.75. The normalized spacial score (nSPS) is 11.7. The molecular formula is C45H28N2S2. The van der Waals surface area contributed by atoms with Gasteiger partial charge >= 0.3 is 0 Å². The summed E-state index contributed by atoms with van der Waals surface area (Å²) in [5.74, 6) is 0. The van der Waals surface area contributed by atoms with Crippen LogP contribution in [0.15, 0.2) is 170 Å². The van der Waals surface area contributed by atoms with Gasteiger partial charge in [0.05, 0.1) is 5.69 Å². The Morgan fingerprint density at radius 1 is 0.408 bits per heavy atom. The van der Waals surface area contributed by atoms with Gasteiger partial charge in [0, 0.05) is 69.5 Å². The fourth-order valence-electron chi connectivity index (χ4n) is 7.22. The van der Waals surface area contributed by atoms with Crippen LogP contribution in [0.3, 0.4) is 0 Å². The van der Waals surface area contributed by atoms with Crippen LogP contribution in [0.25, 0.3) is 73.4 Å². The zero-order chi connectivity index (χ0) is 32.3. The number of anilines is 3. The highest BCUT2D eigenvalue weighted by atomic mass is 32.1. The predicted molar refractivity (Wildman–Crippen MR) is 213 cm³/mol. The summed E-state index contributed by atoms with van der Waals surface area (Å²) in [5.41, 5.74) is 8.27. The number of hydrogen-bond donors (Lipinski definition) is 0. The number of pyridine rings is 1. The molecule has 3 heterocycles. The molecule has 0 amide bonds. The fraction of sp³-hybridized carbons (Fsp3) is 0. The Hall–Kier alpha value is -5.81. The fourth-order valence-corrected chi connectivity index (χ4v) is 9.45. The number of fused-ring (bicyclic) bond motifs is 8. The maximum Gasteiger partial charge on any atom is 0.0554 e. The summed E-state index contributed by atoms with van der Waals surface area (Å²) in [4.78, 5) is 6.87. The molecule has 49 heavy (non-hydrogen) atoms. The quantitative estimate of drug-likeness (QED) is 0.183. The van der Waals surface area contributed by atoms with E-state index >= 15 is 0 Å². The first-order valence-corrected chi connectivity index (χ1v) is 18.1. The molecule has 0 saturated heterocycles. The molecule has 230 valence electrons. The molecule has 10 rings (SSSR count). The van der Waals surface area contributed by atoms with Crippen LogP contribution >= 0.6 is 22.7 Å². The second-order valence-corrected chi connectivity index (χ2v) is 14.6. The molecule has 0 N–H and O–H groups in total. The number of nitrogens with zero attached hydrogens (tertiary/aromatic N) is 2. The highest BCUT2D eigenvalue weighted by Crippen LogP contribution is 2.46. The van der Waals surface area contributed by atoms with Crippen molar-refractivity contribution in [2.75, 3.05) is 4.90 Å². The summed E-state index contributed by atoms with van der Waals surface area (Å²) >= 11 is 3.71. The van der Waals surface area contributed by atoms with Crippen molar-refractivity contribution in [3.63, 3.8) is 0 Å². The van der Waals surface area contributed by atoms with Crippen molar-refractivity contribution in [2.45, 2.75) is 0 Å².